The van der Waals surface area contributed by atoms with E-state index in [1.54, 1.807) is 6.92 Å². The minimum atomic E-state index is -0.687. The number of aromatic nitrogens is 2. The maximum absolute atomic E-state index is 11.5. The molecule has 2 heterocycles. The van der Waals surface area contributed by atoms with E-state index in [1.807, 2.05) is 9.80 Å². The van der Waals surface area contributed by atoms with E-state index >= 15 is 0 Å². The first-order valence-corrected chi connectivity index (χ1v) is 7.88. The first-order valence-electron chi connectivity index (χ1n) is 7.50. The van der Waals surface area contributed by atoms with Crippen LogP contribution in [-0.2, 0) is 14.3 Å². The number of esters is 2. The van der Waals surface area contributed by atoms with E-state index in [-0.39, 0.29) is 29.2 Å². The van der Waals surface area contributed by atoms with Crippen LogP contribution in [-0.4, -0.2) is 73.2 Å². The molecule has 0 aliphatic carbocycles. The van der Waals surface area contributed by atoms with Gasteiger partial charge < -0.3 is 20.1 Å². The summed E-state index contributed by atoms with van der Waals surface area (Å²) in [5.74, 6) is -0.545. The van der Waals surface area contributed by atoms with Gasteiger partial charge >= 0.3 is 11.9 Å². The number of carbonyl (C=O) groups excluding carboxylic acids is 2. The van der Waals surface area contributed by atoms with Crippen molar-refractivity contribution in [3.63, 3.8) is 0 Å². The molecule has 1 aromatic rings. The number of nitrogens with zero attached hydrogens (tertiary/aromatic N) is 4. The molecule has 0 saturated carbocycles. The molecule has 1 saturated heterocycles. The van der Waals surface area contributed by atoms with Gasteiger partial charge in [-0.3, -0.25) is 9.69 Å². The quantitative estimate of drug-likeness (QED) is 0.737. The third-order valence-electron chi connectivity index (χ3n) is 3.57. The van der Waals surface area contributed by atoms with E-state index in [0.29, 0.717) is 38.6 Å². The summed E-state index contributed by atoms with van der Waals surface area (Å²) in [6.45, 7) is 4.90. The van der Waals surface area contributed by atoms with E-state index in [2.05, 4.69) is 14.7 Å². The van der Waals surface area contributed by atoms with Crippen molar-refractivity contribution >= 4 is 35.2 Å². The van der Waals surface area contributed by atoms with Crippen LogP contribution in [0, 0.1) is 0 Å². The highest BCUT2D eigenvalue weighted by atomic mass is 35.5. The molecule has 1 aliphatic rings. The molecule has 1 aromatic heterocycles. The van der Waals surface area contributed by atoms with Gasteiger partial charge in [0, 0.05) is 26.2 Å². The van der Waals surface area contributed by atoms with E-state index in [0.717, 1.165) is 0 Å². The van der Waals surface area contributed by atoms with Gasteiger partial charge in [0.2, 0.25) is 0 Å². The lowest BCUT2D eigenvalue weighted by molar-refractivity contribution is -0.144. The van der Waals surface area contributed by atoms with E-state index < -0.39 is 5.97 Å². The summed E-state index contributed by atoms with van der Waals surface area (Å²) in [5.41, 5.74) is 5.66. The van der Waals surface area contributed by atoms with Crippen molar-refractivity contribution < 1.29 is 19.1 Å². The Hall–Kier alpha value is -2.13. The minimum Gasteiger partial charge on any atom is -0.465 e. The zero-order chi connectivity index (χ0) is 17.7. The molecule has 0 radical (unpaired) electrons. The summed E-state index contributed by atoms with van der Waals surface area (Å²) in [5, 5.41) is 0.0865. The van der Waals surface area contributed by atoms with Crippen LogP contribution in [0.2, 0.25) is 5.15 Å². The molecular weight excluding hydrogens is 338 g/mol. The summed E-state index contributed by atoms with van der Waals surface area (Å²) < 4.78 is 9.52. The number of nitrogens with two attached hydrogens (primary N) is 1. The average molecular weight is 358 g/mol. The summed E-state index contributed by atoms with van der Waals surface area (Å²) in [4.78, 5) is 35.1. The molecule has 0 unspecified atom stereocenters. The number of nitrogen functional groups attached to an aromatic ring is 1. The monoisotopic (exact) mass is 357 g/mol. The van der Waals surface area contributed by atoms with Crippen LogP contribution in [0.1, 0.15) is 17.4 Å². The maximum atomic E-state index is 11.5. The fraction of sp³-hybridized carbons (Fsp3) is 0.571. The third-order valence-corrected chi connectivity index (χ3v) is 3.83. The first kappa shape index (κ1) is 18.2. The minimum absolute atomic E-state index is 0.0322. The number of rotatable bonds is 5. The second kappa shape index (κ2) is 8.11. The number of hydrogen-bond acceptors (Lipinski definition) is 9. The predicted octanol–water partition coefficient (Wildman–Crippen LogP) is 0.184. The molecule has 132 valence electrons. The number of carbonyl (C=O) groups is 2. The van der Waals surface area contributed by atoms with Crippen LogP contribution in [0.25, 0.3) is 0 Å². The number of methoxy groups -OCH3 is 1. The SMILES string of the molecule is CCOC(=O)CN1CCN(c2nc(N)c(C(=O)OC)nc2Cl)CC1. The molecule has 0 spiro atoms. The van der Waals surface area contributed by atoms with Gasteiger partial charge in [-0.2, -0.15) is 0 Å². The number of piperazine rings is 1. The summed E-state index contributed by atoms with van der Waals surface area (Å²) in [6.07, 6.45) is 0. The number of halogens is 1. The number of anilines is 2. The first-order chi connectivity index (χ1) is 11.5. The fourth-order valence-corrected chi connectivity index (χ4v) is 2.62. The Balaban J connectivity index is 2.03. The van der Waals surface area contributed by atoms with Crippen LogP contribution in [0.5, 0.6) is 0 Å². The molecule has 0 amide bonds. The lowest BCUT2D eigenvalue weighted by atomic mass is 10.3. The van der Waals surface area contributed by atoms with Gasteiger partial charge in [-0.15, -0.1) is 0 Å². The van der Waals surface area contributed by atoms with Crippen molar-refractivity contribution in [2.75, 3.05) is 57.1 Å². The second-order valence-corrected chi connectivity index (χ2v) is 5.49. The van der Waals surface area contributed by atoms with Crippen molar-refractivity contribution in [1.29, 1.82) is 0 Å². The highest BCUT2D eigenvalue weighted by Gasteiger charge is 2.25. The normalized spacial score (nSPS) is 15.2. The smallest absolute Gasteiger partial charge is 0.360 e. The Bertz CT molecular complexity index is 619. The van der Waals surface area contributed by atoms with Crippen LogP contribution in [0.3, 0.4) is 0 Å². The van der Waals surface area contributed by atoms with Crippen molar-refractivity contribution in [3.8, 4) is 0 Å². The van der Waals surface area contributed by atoms with Crippen molar-refractivity contribution in [3.05, 3.63) is 10.8 Å². The van der Waals surface area contributed by atoms with E-state index in [9.17, 15) is 9.59 Å². The number of hydrogen-bond donors (Lipinski definition) is 1. The fourth-order valence-electron chi connectivity index (χ4n) is 2.37. The molecular formula is C14H20ClN5O4. The Morgan fingerprint density at radius 1 is 1.25 bits per heavy atom. The van der Waals surface area contributed by atoms with E-state index in [1.165, 1.54) is 7.11 Å². The topological polar surface area (TPSA) is 111 Å². The zero-order valence-electron chi connectivity index (χ0n) is 13.6. The molecule has 0 aromatic carbocycles. The third kappa shape index (κ3) is 4.24. The largest absolute Gasteiger partial charge is 0.465 e. The van der Waals surface area contributed by atoms with Gasteiger partial charge in [0.15, 0.2) is 22.5 Å². The lowest BCUT2D eigenvalue weighted by Gasteiger charge is -2.35. The van der Waals surface area contributed by atoms with Gasteiger partial charge in [-0.1, -0.05) is 11.6 Å². The van der Waals surface area contributed by atoms with Gasteiger partial charge in [0.25, 0.3) is 0 Å². The van der Waals surface area contributed by atoms with Gasteiger partial charge in [0.1, 0.15) is 0 Å². The zero-order valence-corrected chi connectivity index (χ0v) is 14.4. The molecule has 2 N–H and O–H groups in total. The molecule has 24 heavy (non-hydrogen) atoms. The molecule has 0 bridgehead atoms. The van der Waals surface area contributed by atoms with Crippen LogP contribution in [0.4, 0.5) is 11.6 Å². The Morgan fingerprint density at radius 3 is 2.50 bits per heavy atom. The Kier molecular flexibility index (Phi) is 6.16. The average Bonchev–Trinajstić information content (AvgIpc) is 2.57. The second-order valence-electron chi connectivity index (χ2n) is 5.13. The summed E-state index contributed by atoms with van der Waals surface area (Å²) in [7, 11) is 1.23. The molecule has 1 fully saturated rings. The van der Waals surface area contributed by atoms with Crippen LogP contribution in [0.15, 0.2) is 0 Å². The number of ether oxygens (including phenoxy) is 2. The maximum Gasteiger partial charge on any atom is 0.360 e. The predicted molar refractivity (Wildman–Crippen MR) is 88.1 cm³/mol. The van der Waals surface area contributed by atoms with Gasteiger partial charge in [0.05, 0.1) is 20.3 Å². The van der Waals surface area contributed by atoms with Gasteiger partial charge in [-0.05, 0) is 6.92 Å². The molecule has 10 heteroatoms. The Morgan fingerprint density at radius 2 is 1.92 bits per heavy atom. The standard InChI is InChI=1S/C14H20ClN5O4/c1-3-24-9(21)8-19-4-6-20(7-5-19)13-11(15)17-10(12(16)18-13)14(22)23-2/h3-8H2,1-2H3,(H2,16,18). The van der Waals surface area contributed by atoms with Crippen molar-refractivity contribution in [1.82, 2.24) is 14.9 Å². The van der Waals surface area contributed by atoms with Crippen LogP contribution >= 0.6 is 11.6 Å². The lowest BCUT2D eigenvalue weighted by Crippen LogP contribution is -2.48. The highest BCUT2D eigenvalue weighted by Crippen LogP contribution is 2.25. The van der Waals surface area contributed by atoms with E-state index in [4.69, 9.17) is 22.1 Å². The molecule has 9 nitrogen and oxygen atoms in total. The van der Waals surface area contributed by atoms with Crippen molar-refractivity contribution in [2.24, 2.45) is 0 Å². The summed E-state index contributed by atoms with van der Waals surface area (Å²) >= 11 is 6.13. The summed E-state index contributed by atoms with van der Waals surface area (Å²) in [6, 6.07) is 0. The highest BCUT2D eigenvalue weighted by molar-refractivity contribution is 6.32. The van der Waals surface area contributed by atoms with Crippen LogP contribution < -0.4 is 10.6 Å². The van der Waals surface area contributed by atoms with Crippen molar-refractivity contribution in [2.45, 2.75) is 6.92 Å². The molecule has 0 atom stereocenters. The molecule has 2 rings (SSSR count). The Labute approximate surface area is 144 Å². The van der Waals surface area contributed by atoms with Gasteiger partial charge in [-0.25, -0.2) is 14.8 Å². The molecule has 1 aliphatic heterocycles.